The molecule has 0 spiro atoms. The molecule has 2 aliphatic heterocycles. The Morgan fingerprint density at radius 1 is 1.32 bits per heavy atom. The summed E-state index contributed by atoms with van der Waals surface area (Å²) in [7, 11) is 0. The number of aryl methyl sites for hydroxylation is 1. The Morgan fingerprint density at radius 2 is 2.03 bits per heavy atom. The number of carboxylic acids is 1. The van der Waals surface area contributed by atoms with Crippen LogP contribution in [-0.2, 0) is 14.3 Å². The topological polar surface area (TPSA) is 104 Å². The van der Waals surface area contributed by atoms with Crippen LogP contribution in [0.4, 0.5) is 5.82 Å². The highest BCUT2D eigenvalue weighted by Crippen LogP contribution is 2.34. The average Bonchev–Trinajstić information content (AvgIpc) is 3.02. The molecule has 2 aromatic rings. The van der Waals surface area contributed by atoms with E-state index in [0.717, 1.165) is 17.3 Å². The van der Waals surface area contributed by atoms with Crippen LogP contribution in [0.1, 0.15) is 37.8 Å². The third-order valence-electron chi connectivity index (χ3n) is 5.70. The summed E-state index contributed by atoms with van der Waals surface area (Å²) in [4.78, 5) is 46.1. The van der Waals surface area contributed by atoms with Crippen molar-refractivity contribution in [3.8, 4) is 0 Å². The third kappa shape index (κ3) is 4.86. The molecule has 0 bridgehead atoms. The van der Waals surface area contributed by atoms with Crippen molar-refractivity contribution in [2.45, 2.75) is 45.8 Å². The zero-order valence-electron chi connectivity index (χ0n) is 19.2. The van der Waals surface area contributed by atoms with E-state index in [9.17, 15) is 14.4 Å². The number of hydrogen-bond acceptors (Lipinski definition) is 8. The second kappa shape index (κ2) is 9.85. The minimum atomic E-state index is -0.926. The van der Waals surface area contributed by atoms with Gasteiger partial charge in [0, 0.05) is 32.3 Å². The Labute approximate surface area is 206 Å². The number of thioether (sulfide) groups is 1. The van der Waals surface area contributed by atoms with Gasteiger partial charge in [-0.25, -0.2) is 4.98 Å². The molecule has 1 amide bonds. The number of ether oxygens (including phenoxy) is 1. The van der Waals surface area contributed by atoms with Crippen molar-refractivity contribution in [2.24, 2.45) is 0 Å². The first kappa shape index (κ1) is 24.4. The van der Waals surface area contributed by atoms with Crippen LogP contribution in [0.5, 0.6) is 0 Å². The van der Waals surface area contributed by atoms with Crippen LogP contribution in [-0.4, -0.2) is 67.4 Å². The van der Waals surface area contributed by atoms with Crippen molar-refractivity contribution in [1.82, 2.24) is 14.3 Å². The van der Waals surface area contributed by atoms with Crippen LogP contribution in [0, 0.1) is 6.92 Å². The first-order chi connectivity index (χ1) is 16.2. The van der Waals surface area contributed by atoms with Crippen LogP contribution in [0.25, 0.3) is 11.7 Å². The number of morpholine rings is 1. The lowest BCUT2D eigenvalue weighted by Crippen LogP contribution is -2.46. The molecular formula is C23H26N4O5S2. The van der Waals surface area contributed by atoms with Crippen LogP contribution in [0.15, 0.2) is 28.0 Å². The first-order valence-corrected chi connectivity index (χ1v) is 12.3. The van der Waals surface area contributed by atoms with Gasteiger partial charge in [-0.2, -0.15) is 0 Å². The summed E-state index contributed by atoms with van der Waals surface area (Å²) in [6, 6.07) is 3.69. The molecule has 0 unspecified atom stereocenters. The summed E-state index contributed by atoms with van der Waals surface area (Å²) in [5.41, 5.74) is 1.47. The largest absolute Gasteiger partial charge is 0.481 e. The number of rotatable bonds is 6. The highest BCUT2D eigenvalue weighted by atomic mass is 32.2. The fraction of sp³-hybridized carbons (Fsp3) is 0.435. The molecule has 9 nitrogen and oxygen atoms in total. The normalized spacial score (nSPS) is 22.3. The maximum Gasteiger partial charge on any atom is 0.303 e. The monoisotopic (exact) mass is 502 g/mol. The van der Waals surface area contributed by atoms with Crippen LogP contribution in [0.2, 0.25) is 0 Å². The summed E-state index contributed by atoms with van der Waals surface area (Å²) in [5.74, 6) is -0.744. The van der Waals surface area contributed by atoms with Crippen molar-refractivity contribution in [1.29, 1.82) is 0 Å². The molecule has 0 aromatic carbocycles. The van der Waals surface area contributed by atoms with Gasteiger partial charge in [0.05, 0.1) is 22.7 Å². The SMILES string of the molecule is Cc1cccn2c(=O)c(/C=C3\SC(=S)N(CCCC(=O)O)C3=O)c(N3C[C@H](C)O[C@@H](C)C3)nc12. The summed E-state index contributed by atoms with van der Waals surface area (Å²) in [6.07, 6.45) is 3.40. The molecule has 1 N–H and O–H groups in total. The van der Waals surface area contributed by atoms with Gasteiger partial charge in [0.15, 0.2) is 0 Å². The number of hydrogen-bond donors (Lipinski definition) is 1. The van der Waals surface area contributed by atoms with Gasteiger partial charge in [-0.3, -0.25) is 23.7 Å². The Bertz CT molecular complexity index is 1250. The minimum absolute atomic E-state index is 0.0406. The van der Waals surface area contributed by atoms with Gasteiger partial charge in [0.25, 0.3) is 11.5 Å². The minimum Gasteiger partial charge on any atom is -0.481 e. The van der Waals surface area contributed by atoms with Gasteiger partial charge in [-0.05, 0) is 44.9 Å². The van der Waals surface area contributed by atoms with E-state index in [4.69, 9.17) is 27.0 Å². The molecule has 11 heteroatoms. The Kier molecular flexibility index (Phi) is 7.06. The summed E-state index contributed by atoms with van der Waals surface area (Å²) >= 11 is 6.47. The molecule has 2 aromatic heterocycles. The maximum absolute atomic E-state index is 13.6. The number of nitrogens with zero attached hydrogens (tertiary/aromatic N) is 4. The fourth-order valence-corrected chi connectivity index (χ4v) is 5.52. The zero-order chi connectivity index (χ0) is 24.6. The maximum atomic E-state index is 13.6. The smallest absolute Gasteiger partial charge is 0.303 e. The molecule has 2 saturated heterocycles. The van der Waals surface area contributed by atoms with Crippen molar-refractivity contribution in [3.05, 3.63) is 44.7 Å². The molecule has 34 heavy (non-hydrogen) atoms. The second-order valence-electron chi connectivity index (χ2n) is 8.53. The van der Waals surface area contributed by atoms with E-state index in [1.54, 1.807) is 18.3 Å². The Balaban J connectivity index is 1.78. The number of carbonyl (C=O) groups excluding carboxylic acids is 1. The van der Waals surface area contributed by atoms with E-state index in [1.165, 1.54) is 9.30 Å². The van der Waals surface area contributed by atoms with Crippen molar-refractivity contribution < 1.29 is 19.4 Å². The molecule has 0 saturated carbocycles. The number of carbonyl (C=O) groups is 2. The highest BCUT2D eigenvalue weighted by Gasteiger charge is 2.33. The zero-order valence-corrected chi connectivity index (χ0v) is 20.8. The molecule has 2 atom stereocenters. The van der Waals surface area contributed by atoms with Crippen LogP contribution >= 0.6 is 24.0 Å². The lowest BCUT2D eigenvalue weighted by molar-refractivity contribution is -0.137. The summed E-state index contributed by atoms with van der Waals surface area (Å²) < 4.78 is 7.70. The standard InChI is InChI=1S/C23H26N4O5S2/c1-13-6-4-8-26-19(13)24-20(25-11-14(2)32-15(3)12-25)16(21(26)30)10-17-22(31)27(23(33)34-17)9-5-7-18(28)29/h4,6,8,10,14-15H,5,7,9,11-12H2,1-3H3,(H,28,29)/b17-10-/t14-,15-/m0/s1. The average molecular weight is 503 g/mol. The molecule has 0 aliphatic carbocycles. The molecule has 180 valence electrons. The number of pyridine rings is 1. The van der Waals surface area contributed by atoms with Crippen molar-refractivity contribution >= 4 is 57.7 Å². The predicted octanol–water partition coefficient (Wildman–Crippen LogP) is 2.68. The number of carboxylic acid groups (broad SMARTS) is 1. The van der Waals surface area contributed by atoms with Gasteiger partial charge in [0.2, 0.25) is 0 Å². The lowest BCUT2D eigenvalue weighted by atomic mass is 10.1. The van der Waals surface area contributed by atoms with Crippen LogP contribution < -0.4 is 10.5 Å². The Hall–Kier alpha value is -2.76. The predicted molar refractivity (Wildman–Crippen MR) is 135 cm³/mol. The van der Waals surface area contributed by atoms with Gasteiger partial charge in [0.1, 0.15) is 15.8 Å². The van der Waals surface area contributed by atoms with E-state index in [0.29, 0.717) is 45.8 Å². The number of anilines is 1. The summed E-state index contributed by atoms with van der Waals surface area (Å²) in [6.45, 7) is 7.20. The van der Waals surface area contributed by atoms with E-state index < -0.39 is 5.97 Å². The number of fused-ring (bicyclic) bond motifs is 1. The number of aliphatic carboxylic acids is 1. The van der Waals surface area contributed by atoms with Gasteiger partial charge >= 0.3 is 5.97 Å². The lowest BCUT2D eigenvalue weighted by Gasteiger charge is -2.36. The van der Waals surface area contributed by atoms with E-state index in [1.807, 2.05) is 31.7 Å². The Morgan fingerprint density at radius 3 is 2.71 bits per heavy atom. The second-order valence-corrected chi connectivity index (χ2v) is 10.2. The van der Waals surface area contributed by atoms with E-state index in [2.05, 4.69) is 0 Å². The number of aromatic nitrogens is 2. The number of amides is 1. The molecule has 2 fully saturated rings. The molecule has 2 aliphatic rings. The fourth-order valence-electron chi connectivity index (χ4n) is 4.23. The van der Waals surface area contributed by atoms with E-state index in [-0.39, 0.29) is 36.6 Å². The quantitative estimate of drug-likeness (QED) is 0.471. The van der Waals surface area contributed by atoms with Gasteiger partial charge < -0.3 is 14.7 Å². The summed E-state index contributed by atoms with van der Waals surface area (Å²) in [5, 5.41) is 8.88. The van der Waals surface area contributed by atoms with Gasteiger partial charge in [-0.1, -0.05) is 30.0 Å². The molecule has 0 radical (unpaired) electrons. The van der Waals surface area contributed by atoms with E-state index >= 15 is 0 Å². The number of thiocarbonyl (C=S) groups is 1. The third-order valence-corrected chi connectivity index (χ3v) is 7.08. The molecule has 4 heterocycles. The highest BCUT2D eigenvalue weighted by molar-refractivity contribution is 8.26. The first-order valence-electron chi connectivity index (χ1n) is 11.0. The van der Waals surface area contributed by atoms with Crippen molar-refractivity contribution in [3.63, 3.8) is 0 Å². The van der Waals surface area contributed by atoms with Gasteiger partial charge in [-0.15, -0.1) is 0 Å². The van der Waals surface area contributed by atoms with Crippen LogP contribution in [0.3, 0.4) is 0 Å². The molecular weight excluding hydrogens is 476 g/mol. The molecule has 4 rings (SSSR count). The van der Waals surface area contributed by atoms with Crippen molar-refractivity contribution in [2.75, 3.05) is 24.5 Å².